The van der Waals surface area contributed by atoms with E-state index in [0.29, 0.717) is 6.54 Å². The first-order valence-electron chi connectivity index (χ1n) is 6.80. The molecule has 1 atom stereocenters. The lowest BCUT2D eigenvalue weighted by Crippen LogP contribution is -2.36. The van der Waals surface area contributed by atoms with Gasteiger partial charge in [0.2, 0.25) is 10.0 Å². The number of hydrogen-bond acceptors (Lipinski definition) is 3. The molecule has 1 aliphatic heterocycles. The van der Waals surface area contributed by atoms with E-state index < -0.39 is 10.0 Å². The Labute approximate surface area is 115 Å². The summed E-state index contributed by atoms with van der Waals surface area (Å²) in [7, 11) is -1.23. The van der Waals surface area contributed by atoms with Crippen molar-refractivity contribution in [2.24, 2.45) is 0 Å². The van der Waals surface area contributed by atoms with Crippen LogP contribution in [0.4, 0.5) is 5.69 Å². The summed E-state index contributed by atoms with van der Waals surface area (Å²) in [4.78, 5) is 0. The van der Waals surface area contributed by atoms with Crippen molar-refractivity contribution in [2.45, 2.75) is 32.7 Å². The number of aryl methyl sites for hydroxylation is 1. The number of rotatable bonds is 4. The number of fused-ring (bicyclic) bond motifs is 1. The molecule has 0 amide bonds. The molecule has 0 saturated heterocycles. The third kappa shape index (κ3) is 2.77. The van der Waals surface area contributed by atoms with Crippen molar-refractivity contribution >= 4 is 15.7 Å². The molecule has 0 bridgehead atoms. The van der Waals surface area contributed by atoms with E-state index in [1.165, 1.54) is 5.56 Å². The fourth-order valence-corrected chi connectivity index (χ4v) is 3.66. The fraction of sp³-hybridized carbons (Fsp3) is 0.571. The van der Waals surface area contributed by atoms with Crippen LogP contribution in [0.25, 0.3) is 0 Å². The summed E-state index contributed by atoms with van der Waals surface area (Å²) in [6, 6.07) is 6.38. The van der Waals surface area contributed by atoms with Crippen LogP contribution in [-0.4, -0.2) is 27.8 Å². The van der Waals surface area contributed by atoms with Gasteiger partial charge in [-0.1, -0.05) is 12.1 Å². The Bertz CT molecular complexity index is 555. The highest BCUT2D eigenvalue weighted by atomic mass is 32.2. The summed E-state index contributed by atoms with van der Waals surface area (Å²) in [5, 5.41) is 3.21. The van der Waals surface area contributed by atoms with Gasteiger partial charge in [0.05, 0.1) is 11.4 Å². The summed E-state index contributed by atoms with van der Waals surface area (Å²) < 4.78 is 25.8. The summed E-state index contributed by atoms with van der Waals surface area (Å²) in [5.74, 6) is 0.154. The minimum absolute atomic E-state index is 0.154. The van der Waals surface area contributed by atoms with Crippen molar-refractivity contribution in [1.29, 1.82) is 0 Å². The van der Waals surface area contributed by atoms with Crippen molar-refractivity contribution in [1.82, 2.24) is 5.32 Å². The minimum Gasteiger partial charge on any atom is -0.313 e. The highest BCUT2D eigenvalue weighted by Gasteiger charge is 2.26. The molecule has 1 heterocycles. The van der Waals surface area contributed by atoms with Crippen LogP contribution in [0.1, 0.15) is 37.4 Å². The van der Waals surface area contributed by atoms with Crippen LogP contribution >= 0.6 is 0 Å². The van der Waals surface area contributed by atoms with Crippen LogP contribution < -0.4 is 9.62 Å². The first kappa shape index (κ1) is 14.3. The maximum atomic E-state index is 12.1. The molecule has 4 nitrogen and oxygen atoms in total. The molecule has 0 radical (unpaired) electrons. The van der Waals surface area contributed by atoms with Gasteiger partial charge in [0, 0.05) is 12.6 Å². The van der Waals surface area contributed by atoms with Gasteiger partial charge >= 0.3 is 0 Å². The number of hydrogen-bond donors (Lipinski definition) is 1. The summed E-state index contributed by atoms with van der Waals surface area (Å²) in [5.41, 5.74) is 3.21. The Morgan fingerprint density at radius 3 is 2.79 bits per heavy atom. The molecule has 5 heteroatoms. The Morgan fingerprint density at radius 2 is 2.16 bits per heavy atom. The molecular formula is C14H22N2O2S. The Kier molecular flexibility index (Phi) is 4.16. The lowest BCUT2D eigenvalue weighted by Gasteiger charge is -2.31. The second kappa shape index (κ2) is 5.51. The van der Waals surface area contributed by atoms with E-state index in [-0.39, 0.29) is 11.8 Å². The van der Waals surface area contributed by atoms with E-state index in [0.717, 1.165) is 24.1 Å². The van der Waals surface area contributed by atoms with Crippen LogP contribution in [0.15, 0.2) is 18.2 Å². The average molecular weight is 282 g/mol. The first-order chi connectivity index (χ1) is 8.99. The molecule has 0 fully saturated rings. The van der Waals surface area contributed by atoms with E-state index in [2.05, 4.69) is 18.3 Å². The fourth-order valence-electron chi connectivity index (χ4n) is 2.46. The number of sulfonamides is 1. The Hall–Kier alpha value is -1.07. The quantitative estimate of drug-likeness (QED) is 0.919. The molecule has 106 valence electrons. The van der Waals surface area contributed by atoms with Gasteiger partial charge in [0.15, 0.2) is 0 Å². The largest absolute Gasteiger partial charge is 0.313 e. The number of benzene rings is 1. The molecule has 1 aliphatic rings. The van der Waals surface area contributed by atoms with Gasteiger partial charge in [0.25, 0.3) is 0 Å². The summed E-state index contributed by atoms with van der Waals surface area (Å²) in [6.45, 7) is 4.40. The number of nitrogens with one attached hydrogen (secondary N) is 1. The van der Waals surface area contributed by atoms with Gasteiger partial charge < -0.3 is 5.32 Å². The minimum atomic E-state index is -3.16. The molecular weight excluding hydrogens is 260 g/mol. The third-order valence-corrected chi connectivity index (χ3v) is 5.59. The zero-order chi connectivity index (χ0) is 14.0. The van der Waals surface area contributed by atoms with E-state index in [9.17, 15) is 8.42 Å². The van der Waals surface area contributed by atoms with Gasteiger partial charge in [-0.15, -0.1) is 0 Å². The standard InChI is InChI=1S/C14H22N2O2S/c1-4-19(17,18)16-9-5-6-13-10-12(11(2)15-3)7-8-14(13)16/h7-8,10-11,15H,4-6,9H2,1-3H3. The van der Waals surface area contributed by atoms with E-state index in [4.69, 9.17) is 0 Å². The zero-order valence-electron chi connectivity index (χ0n) is 11.8. The highest BCUT2D eigenvalue weighted by molar-refractivity contribution is 7.92. The van der Waals surface area contributed by atoms with Gasteiger partial charge in [0.1, 0.15) is 0 Å². The van der Waals surface area contributed by atoms with Crippen LogP contribution in [0.5, 0.6) is 0 Å². The van der Waals surface area contributed by atoms with Crippen LogP contribution in [0.2, 0.25) is 0 Å². The smallest absolute Gasteiger partial charge is 0.234 e. The molecule has 0 aromatic heterocycles. The predicted molar refractivity (Wildman–Crippen MR) is 79.0 cm³/mol. The summed E-state index contributed by atoms with van der Waals surface area (Å²) >= 11 is 0. The number of nitrogens with zero attached hydrogens (tertiary/aromatic N) is 1. The van der Waals surface area contributed by atoms with E-state index in [1.807, 2.05) is 19.2 Å². The monoisotopic (exact) mass is 282 g/mol. The van der Waals surface area contributed by atoms with E-state index in [1.54, 1.807) is 11.2 Å². The molecule has 19 heavy (non-hydrogen) atoms. The second-order valence-electron chi connectivity index (χ2n) is 4.97. The SMILES string of the molecule is CCS(=O)(=O)N1CCCc2cc(C(C)NC)ccc21. The van der Waals surface area contributed by atoms with Crippen molar-refractivity contribution in [3.05, 3.63) is 29.3 Å². The molecule has 1 aromatic rings. The maximum absolute atomic E-state index is 12.1. The van der Waals surface area contributed by atoms with Crippen molar-refractivity contribution in [3.8, 4) is 0 Å². The van der Waals surface area contributed by atoms with Crippen LogP contribution in [0.3, 0.4) is 0 Å². The highest BCUT2D eigenvalue weighted by Crippen LogP contribution is 2.31. The third-order valence-electron chi connectivity index (χ3n) is 3.81. The molecule has 0 aliphatic carbocycles. The second-order valence-corrected chi connectivity index (χ2v) is 7.16. The Morgan fingerprint density at radius 1 is 1.42 bits per heavy atom. The van der Waals surface area contributed by atoms with Gasteiger partial charge in [-0.3, -0.25) is 4.31 Å². The van der Waals surface area contributed by atoms with Crippen LogP contribution in [0, 0.1) is 0 Å². The van der Waals surface area contributed by atoms with Crippen molar-refractivity contribution in [3.63, 3.8) is 0 Å². The van der Waals surface area contributed by atoms with E-state index >= 15 is 0 Å². The van der Waals surface area contributed by atoms with Crippen molar-refractivity contribution < 1.29 is 8.42 Å². The predicted octanol–water partition coefficient (Wildman–Crippen LogP) is 2.07. The lowest BCUT2D eigenvalue weighted by molar-refractivity contribution is 0.587. The van der Waals surface area contributed by atoms with Gasteiger partial charge in [-0.05, 0) is 50.9 Å². The molecule has 1 N–H and O–H groups in total. The molecule has 0 saturated carbocycles. The molecule has 1 unspecified atom stereocenters. The topological polar surface area (TPSA) is 49.4 Å². The summed E-state index contributed by atoms with van der Waals surface area (Å²) in [6.07, 6.45) is 1.85. The number of anilines is 1. The first-order valence-corrected chi connectivity index (χ1v) is 8.41. The van der Waals surface area contributed by atoms with Crippen molar-refractivity contribution in [2.75, 3.05) is 23.7 Å². The average Bonchev–Trinajstić information content (AvgIpc) is 2.45. The van der Waals surface area contributed by atoms with Crippen LogP contribution in [-0.2, 0) is 16.4 Å². The van der Waals surface area contributed by atoms with Gasteiger partial charge in [-0.2, -0.15) is 0 Å². The molecule has 1 aromatic carbocycles. The maximum Gasteiger partial charge on any atom is 0.234 e. The zero-order valence-corrected chi connectivity index (χ0v) is 12.6. The normalized spacial score (nSPS) is 17.1. The Balaban J connectivity index is 2.42. The lowest BCUT2D eigenvalue weighted by atomic mass is 9.98. The molecule has 0 spiro atoms. The van der Waals surface area contributed by atoms with Gasteiger partial charge in [-0.25, -0.2) is 8.42 Å². The molecule has 2 rings (SSSR count).